The third-order valence-electron chi connectivity index (χ3n) is 6.86. The number of aromatic amines is 1. The fourth-order valence-electron chi connectivity index (χ4n) is 4.61. The third kappa shape index (κ3) is 4.70. The predicted molar refractivity (Wildman–Crippen MR) is 136 cm³/mol. The maximum absolute atomic E-state index is 13.4. The van der Waals surface area contributed by atoms with E-state index in [1.807, 2.05) is 13.0 Å². The van der Waals surface area contributed by atoms with Crippen molar-refractivity contribution in [1.82, 2.24) is 33.8 Å². The van der Waals surface area contributed by atoms with Gasteiger partial charge in [0.25, 0.3) is 17.0 Å². The van der Waals surface area contributed by atoms with Gasteiger partial charge in [-0.1, -0.05) is 24.6 Å². The van der Waals surface area contributed by atoms with E-state index in [1.54, 1.807) is 18.3 Å². The zero-order valence-corrected chi connectivity index (χ0v) is 20.7. The van der Waals surface area contributed by atoms with Gasteiger partial charge in [0.05, 0.1) is 0 Å². The average Bonchev–Trinajstić information content (AvgIpc) is 3.35. The number of nitrogens with one attached hydrogen (secondary N) is 1. The second kappa shape index (κ2) is 10.5. The molecule has 4 aromatic heterocycles. The molecule has 4 aromatic rings. The van der Waals surface area contributed by atoms with Gasteiger partial charge in [0.2, 0.25) is 0 Å². The first kappa shape index (κ1) is 24.6. The summed E-state index contributed by atoms with van der Waals surface area (Å²) in [5.41, 5.74) is -1.90. The fourth-order valence-corrected chi connectivity index (χ4v) is 4.61. The Kier molecular flexibility index (Phi) is 6.97. The number of hydrogen-bond acceptors (Lipinski definition) is 8. The molecular weight excluding hydrogens is 478 g/mol. The second-order valence-corrected chi connectivity index (χ2v) is 9.35. The highest BCUT2D eigenvalue weighted by Crippen LogP contribution is 2.29. The van der Waals surface area contributed by atoms with Gasteiger partial charge in [-0.2, -0.15) is 4.98 Å². The van der Waals surface area contributed by atoms with Crippen LogP contribution in [0, 0.1) is 0 Å². The van der Waals surface area contributed by atoms with Crippen LogP contribution in [0.2, 0.25) is 0 Å². The van der Waals surface area contributed by atoms with Crippen LogP contribution in [0.4, 0.5) is 0 Å². The molecule has 0 atom stereocenters. The van der Waals surface area contributed by atoms with Gasteiger partial charge in [-0.05, 0) is 50.7 Å². The van der Waals surface area contributed by atoms with Crippen LogP contribution in [0.1, 0.15) is 63.7 Å². The number of nitrogens with zero attached hydrogens (tertiary/aromatic N) is 6. The Hall–Kier alpha value is -4.09. The molecule has 0 aliphatic heterocycles. The van der Waals surface area contributed by atoms with Gasteiger partial charge in [0.15, 0.2) is 5.82 Å². The lowest BCUT2D eigenvalue weighted by Crippen LogP contribution is -2.47. The minimum Gasteiger partial charge on any atom is -0.332 e. The third-order valence-corrected chi connectivity index (χ3v) is 6.86. The maximum atomic E-state index is 13.4. The van der Waals surface area contributed by atoms with Crippen LogP contribution in [0.15, 0.2) is 48.1 Å². The summed E-state index contributed by atoms with van der Waals surface area (Å²) in [5, 5.41) is 3.98. The summed E-state index contributed by atoms with van der Waals surface area (Å²) in [5.74, 6) is 0.837. The van der Waals surface area contributed by atoms with Crippen LogP contribution in [-0.4, -0.2) is 33.8 Å². The van der Waals surface area contributed by atoms with Gasteiger partial charge in [-0.15, -0.1) is 0 Å². The van der Waals surface area contributed by atoms with Gasteiger partial charge in [0.1, 0.15) is 16.7 Å². The summed E-state index contributed by atoms with van der Waals surface area (Å²) < 4.78 is 8.90. The van der Waals surface area contributed by atoms with E-state index in [-0.39, 0.29) is 30.2 Å². The number of H-pyrrole nitrogens is 1. The van der Waals surface area contributed by atoms with Crippen molar-refractivity contribution in [1.29, 1.82) is 0 Å². The highest BCUT2D eigenvalue weighted by Gasteiger charge is 2.26. The zero-order valence-electron chi connectivity index (χ0n) is 20.7. The van der Waals surface area contributed by atoms with Crippen LogP contribution >= 0.6 is 0 Å². The summed E-state index contributed by atoms with van der Waals surface area (Å²) >= 11 is 0. The maximum Gasteiger partial charge on any atom is 0.331 e. The largest absolute Gasteiger partial charge is 0.332 e. The fraction of sp³-hybridized carbons (Fsp3) is 0.480. The molecule has 0 radical (unpaired) electrons. The Labute approximate surface area is 210 Å². The molecule has 0 saturated heterocycles. The molecule has 1 aliphatic rings. The molecule has 0 bridgehead atoms. The molecule has 12 heteroatoms. The van der Waals surface area contributed by atoms with Crippen LogP contribution in [0.25, 0.3) is 22.6 Å². The van der Waals surface area contributed by atoms with Gasteiger partial charge < -0.3 is 9.51 Å². The number of fused-ring (bicyclic) bond motifs is 1. The number of aryl methyl sites for hydroxylation is 2. The van der Waals surface area contributed by atoms with E-state index in [1.165, 1.54) is 9.13 Å². The lowest BCUT2D eigenvalue weighted by atomic mass is 9.93. The Bertz CT molecular complexity index is 1640. The van der Waals surface area contributed by atoms with Crippen LogP contribution in [0.5, 0.6) is 0 Å². The Morgan fingerprint density at radius 2 is 1.84 bits per heavy atom. The molecule has 1 fully saturated rings. The normalized spacial score (nSPS) is 13.8. The molecule has 0 spiro atoms. The average molecular weight is 508 g/mol. The van der Waals surface area contributed by atoms with Gasteiger partial charge >= 0.3 is 11.4 Å². The minimum atomic E-state index is -0.653. The lowest BCUT2D eigenvalue weighted by molar-refractivity contribution is 0.297. The van der Waals surface area contributed by atoms with Gasteiger partial charge in [0, 0.05) is 31.7 Å². The van der Waals surface area contributed by atoms with Crippen molar-refractivity contribution in [2.45, 2.75) is 77.4 Å². The topological polar surface area (TPSA) is 151 Å². The highest BCUT2D eigenvalue weighted by atomic mass is 16.5. The highest BCUT2D eigenvalue weighted by molar-refractivity contribution is 5.72. The SMILES string of the molecule is CCCCn1c(=O)n(CCCCc2noc(-c3ccccn3)n2)c(=O)c2[nH]c(=O)n(C3CCC3)c(=O)c21. The van der Waals surface area contributed by atoms with E-state index in [9.17, 15) is 19.2 Å². The van der Waals surface area contributed by atoms with Crippen LogP contribution in [0.3, 0.4) is 0 Å². The van der Waals surface area contributed by atoms with Crippen molar-refractivity contribution >= 4 is 11.0 Å². The first-order chi connectivity index (χ1) is 18.0. The van der Waals surface area contributed by atoms with E-state index in [2.05, 4.69) is 20.1 Å². The number of hydrogen-bond donors (Lipinski definition) is 1. The number of rotatable bonds is 10. The van der Waals surface area contributed by atoms with Gasteiger partial charge in [-0.3, -0.25) is 28.3 Å². The van der Waals surface area contributed by atoms with Gasteiger partial charge in [-0.25, -0.2) is 9.59 Å². The van der Waals surface area contributed by atoms with E-state index in [0.29, 0.717) is 43.1 Å². The zero-order chi connectivity index (χ0) is 25.9. The summed E-state index contributed by atoms with van der Waals surface area (Å²) in [4.78, 5) is 63.8. The molecule has 37 heavy (non-hydrogen) atoms. The Morgan fingerprint density at radius 1 is 1.03 bits per heavy atom. The van der Waals surface area contributed by atoms with Crippen molar-refractivity contribution in [3.05, 3.63) is 71.9 Å². The molecule has 12 nitrogen and oxygen atoms in total. The Morgan fingerprint density at radius 3 is 2.54 bits per heavy atom. The number of unbranched alkanes of at least 4 members (excludes halogenated alkanes) is 2. The van der Waals surface area contributed by atoms with Crippen molar-refractivity contribution in [3.63, 3.8) is 0 Å². The number of aromatic nitrogens is 7. The van der Waals surface area contributed by atoms with Crippen LogP contribution < -0.4 is 22.5 Å². The molecular formula is C25H29N7O5. The van der Waals surface area contributed by atoms with E-state index in [4.69, 9.17) is 4.52 Å². The molecule has 1 N–H and O–H groups in total. The van der Waals surface area contributed by atoms with Crippen molar-refractivity contribution in [3.8, 4) is 11.6 Å². The summed E-state index contributed by atoms with van der Waals surface area (Å²) in [7, 11) is 0. The smallest absolute Gasteiger partial charge is 0.331 e. The summed E-state index contributed by atoms with van der Waals surface area (Å²) in [6, 6.07) is 5.21. The first-order valence-electron chi connectivity index (χ1n) is 12.8. The minimum absolute atomic E-state index is 0.0138. The summed E-state index contributed by atoms with van der Waals surface area (Å²) in [6.45, 7) is 2.41. The first-order valence-corrected chi connectivity index (χ1v) is 12.8. The molecule has 1 saturated carbocycles. The predicted octanol–water partition coefficient (Wildman–Crippen LogP) is 2.01. The molecule has 4 heterocycles. The van der Waals surface area contributed by atoms with Crippen molar-refractivity contribution in [2.24, 2.45) is 0 Å². The monoisotopic (exact) mass is 507 g/mol. The van der Waals surface area contributed by atoms with E-state index in [0.717, 1.165) is 30.3 Å². The number of pyridine rings is 1. The molecule has 5 rings (SSSR count). The standard InChI is InChI=1S/C25H29N7O5/c1-2-3-14-30-20-19(28-24(35)32(23(20)34)16-9-8-10-16)22(33)31(25(30)36)15-7-5-12-18-27-21(37-29-18)17-11-4-6-13-26-17/h4,6,11,13,16H,2-3,5,7-10,12,14-15H2,1H3,(H,28,35). The van der Waals surface area contributed by atoms with Crippen molar-refractivity contribution < 1.29 is 4.52 Å². The molecule has 0 aromatic carbocycles. The molecule has 0 amide bonds. The quantitative estimate of drug-likeness (QED) is 0.320. The lowest BCUT2D eigenvalue weighted by Gasteiger charge is -2.27. The van der Waals surface area contributed by atoms with Crippen molar-refractivity contribution in [2.75, 3.05) is 0 Å². The molecule has 0 unspecified atom stereocenters. The second-order valence-electron chi connectivity index (χ2n) is 9.35. The summed E-state index contributed by atoms with van der Waals surface area (Å²) in [6.07, 6.45) is 7.08. The Balaban J connectivity index is 1.40. The van der Waals surface area contributed by atoms with E-state index < -0.39 is 22.5 Å². The molecule has 1 aliphatic carbocycles. The van der Waals surface area contributed by atoms with E-state index >= 15 is 0 Å². The molecule has 194 valence electrons. The van der Waals surface area contributed by atoms with Crippen LogP contribution in [-0.2, 0) is 19.5 Å².